The summed E-state index contributed by atoms with van der Waals surface area (Å²) in [4.78, 5) is 11.4. The van der Waals surface area contributed by atoms with Gasteiger partial charge in [0.25, 0.3) is 0 Å². The third kappa shape index (κ3) is 3.27. The summed E-state index contributed by atoms with van der Waals surface area (Å²) in [6.45, 7) is 4.00. The molecule has 7 nitrogen and oxygen atoms in total. The van der Waals surface area contributed by atoms with Crippen molar-refractivity contribution in [1.29, 1.82) is 0 Å². The van der Waals surface area contributed by atoms with Gasteiger partial charge in [0, 0.05) is 17.5 Å². The molecule has 1 aliphatic rings. The summed E-state index contributed by atoms with van der Waals surface area (Å²) >= 11 is 1.64. The molecule has 0 unspecified atom stereocenters. The van der Waals surface area contributed by atoms with Gasteiger partial charge in [-0.15, -0.1) is 11.3 Å². The van der Waals surface area contributed by atoms with E-state index in [1.165, 1.54) is 10.4 Å². The molecule has 1 aliphatic heterocycles. The van der Waals surface area contributed by atoms with E-state index in [0.717, 1.165) is 40.5 Å². The first-order valence-corrected chi connectivity index (χ1v) is 9.89. The fourth-order valence-electron chi connectivity index (χ4n) is 3.19. The number of fused-ring (bicyclic) bond motifs is 2. The highest BCUT2D eigenvalue weighted by atomic mass is 32.1. The van der Waals surface area contributed by atoms with E-state index in [1.54, 1.807) is 23.6 Å². The van der Waals surface area contributed by atoms with Crippen LogP contribution in [-0.4, -0.2) is 34.9 Å². The van der Waals surface area contributed by atoms with Gasteiger partial charge in [-0.05, 0) is 37.1 Å². The predicted molar refractivity (Wildman–Crippen MR) is 107 cm³/mol. The molecule has 142 valence electrons. The molecule has 8 heteroatoms. The Kier molecular flexibility index (Phi) is 4.32. The van der Waals surface area contributed by atoms with Crippen LogP contribution in [0.15, 0.2) is 41.1 Å². The zero-order valence-electron chi connectivity index (χ0n) is 15.3. The van der Waals surface area contributed by atoms with Gasteiger partial charge in [0.1, 0.15) is 23.9 Å². The Hall–Kier alpha value is -3.13. The fourth-order valence-corrected chi connectivity index (χ4v) is 4.07. The standard InChI is InChI=1S/C20H18N4O3S/c1-12-10-14-18(23-19(24-20(14)28-12)16-5-7-22-27-16)21-6-4-13-2-3-15-17(11-13)26-9-8-25-15/h2-3,5,7,10-11H,4,6,8-9H2,1H3,(H,21,23,24). The van der Waals surface area contributed by atoms with Crippen LogP contribution in [0, 0.1) is 6.92 Å². The van der Waals surface area contributed by atoms with Crippen LogP contribution in [-0.2, 0) is 6.42 Å². The van der Waals surface area contributed by atoms with E-state index in [2.05, 4.69) is 39.5 Å². The highest BCUT2D eigenvalue weighted by Crippen LogP contribution is 2.32. The van der Waals surface area contributed by atoms with Crippen molar-refractivity contribution in [2.24, 2.45) is 0 Å². The number of hydrogen-bond acceptors (Lipinski definition) is 8. The minimum atomic E-state index is 0.536. The maximum atomic E-state index is 5.67. The minimum absolute atomic E-state index is 0.536. The highest BCUT2D eigenvalue weighted by molar-refractivity contribution is 7.18. The van der Waals surface area contributed by atoms with Crippen LogP contribution in [0.2, 0.25) is 0 Å². The third-order valence-electron chi connectivity index (χ3n) is 4.49. The monoisotopic (exact) mass is 394 g/mol. The van der Waals surface area contributed by atoms with Crippen molar-refractivity contribution < 1.29 is 14.0 Å². The smallest absolute Gasteiger partial charge is 0.204 e. The van der Waals surface area contributed by atoms with Crippen LogP contribution in [0.25, 0.3) is 21.8 Å². The van der Waals surface area contributed by atoms with Crippen LogP contribution in [0.3, 0.4) is 0 Å². The van der Waals surface area contributed by atoms with E-state index in [4.69, 9.17) is 14.0 Å². The van der Waals surface area contributed by atoms with Crippen molar-refractivity contribution in [2.45, 2.75) is 13.3 Å². The Bertz CT molecular complexity index is 1120. The first-order valence-electron chi connectivity index (χ1n) is 9.08. The number of ether oxygens (including phenoxy) is 2. The molecule has 28 heavy (non-hydrogen) atoms. The number of nitrogens with zero attached hydrogens (tertiary/aromatic N) is 3. The lowest BCUT2D eigenvalue weighted by Gasteiger charge is -2.19. The summed E-state index contributed by atoms with van der Waals surface area (Å²) in [5.41, 5.74) is 1.18. The molecule has 4 heterocycles. The van der Waals surface area contributed by atoms with Gasteiger partial charge in [-0.1, -0.05) is 11.2 Å². The first kappa shape index (κ1) is 17.0. The molecule has 3 aromatic heterocycles. The lowest BCUT2D eigenvalue weighted by Crippen LogP contribution is -2.15. The molecular formula is C20H18N4O3S. The van der Waals surface area contributed by atoms with Crippen LogP contribution in [0.4, 0.5) is 5.82 Å². The summed E-state index contributed by atoms with van der Waals surface area (Å²) in [7, 11) is 0. The third-order valence-corrected chi connectivity index (χ3v) is 5.43. The van der Waals surface area contributed by atoms with E-state index in [0.29, 0.717) is 24.8 Å². The molecule has 0 saturated heterocycles. The van der Waals surface area contributed by atoms with Gasteiger partial charge in [-0.3, -0.25) is 0 Å². The van der Waals surface area contributed by atoms with Crippen molar-refractivity contribution in [3.63, 3.8) is 0 Å². The van der Waals surface area contributed by atoms with E-state index in [9.17, 15) is 0 Å². The molecule has 4 aromatic rings. The molecule has 0 aliphatic carbocycles. The van der Waals surface area contributed by atoms with Crippen LogP contribution < -0.4 is 14.8 Å². The van der Waals surface area contributed by atoms with Gasteiger partial charge in [0.2, 0.25) is 11.6 Å². The van der Waals surface area contributed by atoms with Crippen molar-refractivity contribution >= 4 is 27.4 Å². The van der Waals surface area contributed by atoms with Crippen molar-refractivity contribution in [1.82, 2.24) is 15.1 Å². The predicted octanol–water partition coefficient (Wildman–Crippen LogP) is 4.08. The second-order valence-electron chi connectivity index (χ2n) is 6.50. The number of nitrogens with one attached hydrogen (secondary N) is 1. The molecule has 0 bridgehead atoms. The largest absolute Gasteiger partial charge is 0.486 e. The molecule has 0 spiro atoms. The number of thiophene rings is 1. The van der Waals surface area contributed by atoms with E-state index < -0.39 is 0 Å². The Morgan fingerprint density at radius 1 is 1.07 bits per heavy atom. The van der Waals surface area contributed by atoms with Crippen LogP contribution >= 0.6 is 11.3 Å². The zero-order valence-corrected chi connectivity index (χ0v) is 16.1. The summed E-state index contributed by atoms with van der Waals surface area (Å²) in [6.07, 6.45) is 2.43. The molecule has 0 fully saturated rings. The average molecular weight is 394 g/mol. The Labute approximate surface area is 165 Å². The van der Waals surface area contributed by atoms with Gasteiger partial charge >= 0.3 is 0 Å². The molecule has 0 atom stereocenters. The molecule has 0 radical (unpaired) electrons. The maximum absolute atomic E-state index is 5.67. The summed E-state index contributed by atoms with van der Waals surface area (Å²) in [5, 5.41) is 8.23. The van der Waals surface area contributed by atoms with Crippen molar-refractivity contribution in [2.75, 3.05) is 25.1 Å². The lowest BCUT2D eigenvalue weighted by atomic mass is 10.1. The SMILES string of the molecule is Cc1cc2c(NCCc3ccc4c(c3)OCCO4)nc(-c3ccno3)nc2s1. The van der Waals surface area contributed by atoms with Gasteiger partial charge in [-0.25, -0.2) is 9.97 Å². The maximum Gasteiger partial charge on any atom is 0.204 e. The molecule has 1 N–H and O–H groups in total. The number of anilines is 1. The summed E-state index contributed by atoms with van der Waals surface area (Å²) in [5.74, 6) is 3.52. The number of hydrogen-bond donors (Lipinski definition) is 1. The summed E-state index contributed by atoms with van der Waals surface area (Å²) < 4.78 is 16.5. The van der Waals surface area contributed by atoms with E-state index >= 15 is 0 Å². The molecule has 0 saturated carbocycles. The fraction of sp³-hybridized carbons (Fsp3) is 0.250. The number of benzene rings is 1. The van der Waals surface area contributed by atoms with Crippen molar-refractivity contribution in [3.05, 3.63) is 47.0 Å². The lowest BCUT2D eigenvalue weighted by molar-refractivity contribution is 0.171. The van der Waals surface area contributed by atoms with Gasteiger partial charge in [0.15, 0.2) is 11.5 Å². The Balaban J connectivity index is 1.37. The van der Waals surface area contributed by atoms with Crippen LogP contribution in [0.1, 0.15) is 10.4 Å². The molecule has 5 rings (SSSR count). The van der Waals surface area contributed by atoms with Gasteiger partial charge < -0.3 is 19.3 Å². The quantitative estimate of drug-likeness (QED) is 0.546. The second kappa shape index (κ2) is 7.12. The first-order chi connectivity index (χ1) is 13.8. The van der Waals surface area contributed by atoms with Crippen molar-refractivity contribution in [3.8, 4) is 23.1 Å². The van der Waals surface area contributed by atoms with Crippen LogP contribution in [0.5, 0.6) is 11.5 Å². The van der Waals surface area contributed by atoms with E-state index in [-0.39, 0.29) is 0 Å². The molecule has 0 amide bonds. The summed E-state index contributed by atoms with van der Waals surface area (Å²) in [6, 6.07) is 9.95. The van der Waals surface area contributed by atoms with E-state index in [1.807, 2.05) is 12.1 Å². The molecular weight excluding hydrogens is 376 g/mol. The topological polar surface area (TPSA) is 82.3 Å². The Morgan fingerprint density at radius 2 is 1.96 bits per heavy atom. The van der Waals surface area contributed by atoms with Gasteiger partial charge in [-0.2, -0.15) is 0 Å². The normalized spacial score (nSPS) is 13.0. The Morgan fingerprint density at radius 3 is 2.82 bits per heavy atom. The van der Waals surface area contributed by atoms with Gasteiger partial charge in [0.05, 0.1) is 11.6 Å². The minimum Gasteiger partial charge on any atom is -0.486 e. The number of aromatic nitrogens is 3. The zero-order chi connectivity index (χ0) is 18.9. The number of aryl methyl sites for hydroxylation is 1. The highest BCUT2D eigenvalue weighted by Gasteiger charge is 2.15. The molecule has 1 aromatic carbocycles. The number of rotatable bonds is 5. The second-order valence-corrected chi connectivity index (χ2v) is 7.74. The average Bonchev–Trinajstić information content (AvgIpc) is 3.37.